The second kappa shape index (κ2) is 8.79. The molecule has 0 radical (unpaired) electrons. The number of carboxylic acid groups (broad SMARTS) is 1. The predicted octanol–water partition coefficient (Wildman–Crippen LogP) is 2.31. The minimum Gasteiger partial charge on any atom is -0.478 e. The number of aromatic carboxylic acids is 1. The number of anilines is 1. The summed E-state index contributed by atoms with van der Waals surface area (Å²) >= 11 is 0. The van der Waals surface area contributed by atoms with Gasteiger partial charge in [-0.15, -0.1) is 0 Å². The van der Waals surface area contributed by atoms with Crippen LogP contribution in [0.4, 0.5) is 5.69 Å². The molecule has 0 heterocycles. The van der Waals surface area contributed by atoms with Crippen molar-refractivity contribution in [2.24, 2.45) is 0 Å². The van der Waals surface area contributed by atoms with Crippen molar-refractivity contribution >= 4 is 21.7 Å². The number of sulfonamides is 1. The summed E-state index contributed by atoms with van der Waals surface area (Å²) in [5.74, 6) is -1.19. The van der Waals surface area contributed by atoms with Crippen LogP contribution in [0, 0.1) is 0 Å². The van der Waals surface area contributed by atoms with E-state index in [4.69, 9.17) is 4.74 Å². The van der Waals surface area contributed by atoms with E-state index < -0.39 is 22.0 Å². The lowest BCUT2D eigenvalue weighted by Crippen LogP contribution is -2.36. The fraction of sp³-hybridized carbons (Fsp3) is 0.278. The maximum absolute atomic E-state index is 12.7. The van der Waals surface area contributed by atoms with Crippen LogP contribution in [0.15, 0.2) is 53.4 Å². The highest BCUT2D eigenvalue weighted by Crippen LogP contribution is 2.24. The van der Waals surface area contributed by atoms with Gasteiger partial charge in [-0.2, -0.15) is 0 Å². The zero-order valence-corrected chi connectivity index (χ0v) is 15.4. The monoisotopic (exact) mass is 378 g/mol. The van der Waals surface area contributed by atoms with Crippen molar-refractivity contribution in [1.29, 1.82) is 0 Å². The molecule has 0 saturated heterocycles. The number of carbonyl (C=O) groups is 1. The second-order valence-electron chi connectivity index (χ2n) is 5.83. The summed E-state index contributed by atoms with van der Waals surface area (Å²) in [4.78, 5) is 11.1. The Kier molecular flexibility index (Phi) is 6.73. The predicted molar refractivity (Wildman–Crippen MR) is 98.8 cm³/mol. The molecule has 0 aliphatic heterocycles. The minimum absolute atomic E-state index is 0.102. The van der Waals surface area contributed by atoms with Crippen molar-refractivity contribution in [3.8, 4) is 0 Å². The topological polar surface area (TPSA) is 105 Å². The summed E-state index contributed by atoms with van der Waals surface area (Å²) in [6.07, 6.45) is 0. The van der Waals surface area contributed by atoms with E-state index in [1.807, 2.05) is 30.3 Å². The van der Waals surface area contributed by atoms with Gasteiger partial charge in [0.1, 0.15) is 4.90 Å². The van der Waals surface area contributed by atoms with Crippen LogP contribution >= 0.6 is 0 Å². The van der Waals surface area contributed by atoms with E-state index in [-0.39, 0.29) is 17.1 Å². The van der Waals surface area contributed by atoms with Gasteiger partial charge < -0.3 is 15.2 Å². The van der Waals surface area contributed by atoms with Crippen molar-refractivity contribution in [3.63, 3.8) is 0 Å². The van der Waals surface area contributed by atoms with Gasteiger partial charge in [-0.1, -0.05) is 30.3 Å². The molecule has 2 rings (SSSR count). The molecule has 0 bridgehead atoms. The zero-order valence-electron chi connectivity index (χ0n) is 14.6. The van der Waals surface area contributed by atoms with E-state index in [1.165, 1.54) is 19.2 Å². The van der Waals surface area contributed by atoms with Gasteiger partial charge in [0.2, 0.25) is 10.0 Å². The Morgan fingerprint density at radius 1 is 1.19 bits per heavy atom. The highest BCUT2D eigenvalue weighted by Gasteiger charge is 2.23. The summed E-state index contributed by atoms with van der Waals surface area (Å²) < 4.78 is 32.9. The van der Waals surface area contributed by atoms with Crippen LogP contribution in [0.3, 0.4) is 0 Å². The molecule has 0 amide bonds. The number of hydrogen-bond acceptors (Lipinski definition) is 5. The first-order chi connectivity index (χ1) is 12.3. The SMILES string of the molecule is COC[C@H](C)NS(=O)(=O)c1cc(C(=O)O)ccc1NCc1ccccc1. The Bertz CT molecular complexity index is 853. The third-order valence-electron chi connectivity index (χ3n) is 3.62. The van der Waals surface area contributed by atoms with Crippen LogP contribution in [0.1, 0.15) is 22.8 Å². The molecule has 3 N–H and O–H groups in total. The van der Waals surface area contributed by atoms with Crippen LogP contribution in [0.2, 0.25) is 0 Å². The third-order valence-corrected chi connectivity index (χ3v) is 5.25. The number of nitrogens with one attached hydrogen (secondary N) is 2. The summed E-state index contributed by atoms with van der Waals surface area (Å²) in [5.41, 5.74) is 1.20. The molecule has 26 heavy (non-hydrogen) atoms. The van der Waals surface area contributed by atoms with E-state index in [9.17, 15) is 18.3 Å². The lowest BCUT2D eigenvalue weighted by Gasteiger charge is -2.17. The largest absolute Gasteiger partial charge is 0.478 e. The van der Waals surface area contributed by atoms with Gasteiger partial charge in [-0.3, -0.25) is 0 Å². The molecule has 0 saturated carbocycles. The molecule has 140 valence electrons. The Morgan fingerprint density at radius 3 is 2.50 bits per heavy atom. The first-order valence-corrected chi connectivity index (χ1v) is 9.48. The molecule has 0 aliphatic rings. The first kappa shape index (κ1) is 19.9. The number of benzene rings is 2. The Morgan fingerprint density at radius 2 is 1.88 bits per heavy atom. The standard InChI is InChI=1S/C18H22N2O5S/c1-13(12-25-2)20-26(23,24)17-10-15(18(21)22)8-9-16(17)19-11-14-6-4-3-5-7-14/h3-10,13,19-20H,11-12H2,1-2H3,(H,21,22)/t13-/m0/s1. The van der Waals surface area contributed by atoms with Crippen LogP contribution < -0.4 is 10.0 Å². The molecule has 1 atom stereocenters. The van der Waals surface area contributed by atoms with Gasteiger partial charge in [-0.25, -0.2) is 17.9 Å². The molecular formula is C18H22N2O5S. The third kappa shape index (κ3) is 5.29. The lowest BCUT2D eigenvalue weighted by molar-refractivity contribution is 0.0696. The van der Waals surface area contributed by atoms with Gasteiger partial charge in [0, 0.05) is 19.7 Å². The lowest BCUT2D eigenvalue weighted by atomic mass is 10.2. The molecular weight excluding hydrogens is 356 g/mol. The average Bonchev–Trinajstić information content (AvgIpc) is 2.60. The van der Waals surface area contributed by atoms with Gasteiger partial charge >= 0.3 is 5.97 Å². The quantitative estimate of drug-likeness (QED) is 0.618. The molecule has 0 spiro atoms. The van der Waals surface area contributed by atoms with Crippen molar-refractivity contribution in [1.82, 2.24) is 4.72 Å². The van der Waals surface area contributed by atoms with E-state index in [1.54, 1.807) is 6.92 Å². The Balaban J connectivity index is 2.34. The molecule has 0 aliphatic carbocycles. The fourth-order valence-corrected chi connectivity index (χ4v) is 3.87. The molecule has 2 aromatic rings. The molecule has 2 aromatic carbocycles. The van der Waals surface area contributed by atoms with Crippen molar-refractivity contribution < 1.29 is 23.1 Å². The molecule has 7 nitrogen and oxygen atoms in total. The summed E-state index contributed by atoms with van der Waals surface area (Å²) in [6.45, 7) is 2.27. The zero-order chi connectivity index (χ0) is 19.2. The molecule has 0 unspecified atom stereocenters. The number of methoxy groups -OCH3 is 1. The van der Waals surface area contributed by atoms with Crippen LogP contribution in [-0.2, 0) is 21.3 Å². The average molecular weight is 378 g/mol. The molecule has 0 fully saturated rings. The number of carboxylic acids is 1. The Hall–Kier alpha value is -2.42. The number of ether oxygens (including phenoxy) is 1. The summed E-state index contributed by atoms with van der Waals surface area (Å²) in [6, 6.07) is 13.0. The van der Waals surface area contributed by atoms with Crippen molar-refractivity contribution in [2.75, 3.05) is 19.0 Å². The van der Waals surface area contributed by atoms with Crippen LogP contribution in [0.25, 0.3) is 0 Å². The summed E-state index contributed by atoms with van der Waals surface area (Å²) in [5, 5.41) is 12.2. The van der Waals surface area contributed by atoms with Gasteiger partial charge in [0.25, 0.3) is 0 Å². The Labute approximate surface area is 153 Å². The fourth-order valence-electron chi connectivity index (χ4n) is 2.43. The molecule has 8 heteroatoms. The van der Waals surface area contributed by atoms with Crippen molar-refractivity contribution in [2.45, 2.75) is 24.4 Å². The first-order valence-electron chi connectivity index (χ1n) is 8.00. The smallest absolute Gasteiger partial charge is 0.335 e. The van der Waals surface area contributed by atoms with Gasteiger partial charge in [-0.05, 0) is 30.7 Å². The van der Waals surface area contributed by atoms with E-state index in [2.05, 4.69) is 10.0 Å². The van der Waals surface area contributed by atoms with Gasteiger partial charge in [0.05, 0.1) is 17.9 Å². The van der Waals surface area contributed by atoms with E-state index in [0.29, 0.717) is 12.2 Å². The maximum Gasteiger partial charge on any atom is 0.335 e. The van der Waals surface area contributed by atoms with E-state index in [0.717, 1.165) is 11.6 Å². The van der Waals surface area contributed by atoms with Gasteiger partial charge in [0.15, 0.2) is 0 Å². The highest BCUT2D eigenvalue weighted by atomic mass is 32.2. The minimum atomic E-state index is -3.93. The number of hydrogen-bond donors (Lipinski definition) is 3. The van der Waals surface area contributed by atoms with Crippen LogP contribution in [0.5, 0.6) is 0 Å². The van der Waals surface area contributed by atoms with Crippen molar-refractivity contribution in [3.05, 3.63) is 59.7 Å². The normalized spacial score (nSPS) is 12.5. The molecule has 0 aromatic heterocycles. The second-order valence-corrected chi connectivity index (χ2v) is 7.52. The summed E-state index contributed by atoms with van der Waals surface area (Å²) in [7, 11) is -2.45. The van der Waals surface area contributed by atoms with Crippen LogP contribution in [-0.4, -0.2) is 39.3 Å². The number of rotatable bonds is 9. The maximum atomic E-state index is 12.7. The van der Waals surface area contributed by atoms with E-state index >= 15 is 0 Å². The highest BCUT2D eigenvalue weighted by molar-refractivity contribution is 7.89.